The molecule has 0 aromatic carbocycles. The van der Waals surface area contributed by atoms with E-state index in [0.29, 0.717) is 12.2 Å². The average molecular weight is 235 g/mol. The van der Waals surface area contributed by atoms with Gasteiger partial charge in [0.05, 0.1) is 5.54 Å². The van der Waals surface area contributed by atoms with Crippen LogP contribution in [0.5, 0.6) is 0 Å². The number of hydrogen-bond acceptors (Lipinski definition) is 2. The predicted octanol–water partition coefficient (Wildman–Crippen LogP) is 3.01. The number of nitrogens with zero attached hydrogens (tertiary/aromatic N) is 1. The summed E-state index contributed by atoms with van der Waals surface area (Å²) in [5, 5.41) is 0. The number of Topliss-reactive ketones (excluding diaryl/α,β-unsaturated/α-hetero) is 1. The minimum Gasteiger partial charge on any atom is -0.298 e. The highest BCUT2D eigenvalue weighted by molar-refractivity contribution is 5.88. The van der Waals surface area contributed by atoms with Gasteiger partial charge in [-0.3, -0.25) is 9.69 Å². The third-order valence-corrected chi connectivity index (χ3v) is 4.03. The maximum absolute atomic E-state index is 12.5. The molecule has 0 amide bonds. The second-order valence-electron chi connectivity index (χ2n) is 5.32. The van der Waals surface area contributed by atoms with Crippen LogP contribution in [0.1, 0.15) is 57.8 Å². The van der Waals surface area contributed by atoms with Crippen LogP contribution in [0.3, 0.4) is 0 Å². The Morgan fingerprint density at radius 2 is 1.82 bits per heavy atom. The first-order chi connectivity index (χ1) is 8.13. The van der Waals surface area contributed by atoms with Crippen LogP contribution in [-0.4, -0.2) is 30.3 Å². The van der Waals surface area contributed by atoms with Crippen molar-refractivity contribution in [2.45, 2.75) is 63.3 Å². The van der Waals surface area contributed by atoms with E-state index in [1.165, 1.54) is 25.7 Å². The molecule has 0 heterocycles. The molecule has 2 heteroatoms. The van der Waals surface area contributed by atoms with Crippen molar-refractivity contribution >= 4 is 5.78 Å². The molecular weight excluding hydrogens is 210 g/mol. The number of terminal acetylenes is 1. The van der Waals surface area contributed by atoms with Gasteiger partial charge in [-0.1, -0.05) is 25.7 Å². The maximum atomic E-state index is 12.5. The number of carbonyl (C=O) groups is 1. The minimum absolute atomic E-state index is 0.203. The molecule has 96 valence electrons. The first kappa shape index (κ1) is 14.3. The van der Waals surface area contributed by atoms with E-state index < -0.39 is 0 Å². The van der Waals surface area contributed by atoms with Gasteiger partial charge < -0.3 is 0 Å². The van der Waals surface area contributed by atoms with Crippen LogP contribution in [0.15, 0.2) is 0 Å². The lowest BCUT2D eigenvalue weighted by molar-refractivity contribution is -0.130. The first-order valence-corrected chi connectivity index (χ1v) is 6.78. The standard InChI is InChI=1S/C15H25NO/c1-4-5-8-11-14(17)15(16(2)3)12-9-6-7-10-13-15/h1H,5-13H2,2-3H3. The van der Waals surface area contributed by atoms with Crippen molar-refractivity contribution in [2.75, 3.05) is 14.1 Å². The summed E-state index contributed by atoms with van der Waals surface area (Å²) < 4.78 is 0. The van der Waals surface area contributed by atoms with Crippen LogP contribution in [0.4, 0.5) is 0 Å². The van der Waals surface area contributed by atoms with Crippen LogP contribution in [-0.2, 0) is 4.79 Å². The van der Waals surface area contributed by atoms with E-state index >= 15 is 0 Å². The topological polar surface area (TPSA) is 20.3 Å². The second kappa shape index (κ2) is 6.81. The van der Waals surface area contributed by atoms with Gasteiger partial charge in [0.25, 0.3) is 0 Å². The molecule has 2 nitrogen and oxygen atoms in total. The van der Waals surface area contributed by atoms with Crippen LogP contribution in [0, 0.1) is 12.3 Å². The fraction of sp³-hybridized carbons (Fsp3) is 0.800. The summed E-state index contributed by atoms with van der Waals surface area (Å²) in [5.41, 5.74) is -0.203. The number of unbranched alkanes of at least 4 members (excludes halogenated alkanes) is 1. The molecule has 0 atom stereocenters. The second-order valence-corrected chi connectivity index (χ2v) is 5.32. The molecule has 0 spiro atoms. The van der Waals surface area contributed by atoms with Gasteiger partial charge in [0.15, 0.2) is 5.78 Å². The van der Waals surface area contributed by atoms with Gasteiger partial charge in [-0.2, -0.15) is 0 Å². The number of carbonyl (C=O) groups excluding carboxylic acids is 1. The Balaban J connectivity index is 2.69. The molecule has 0 bridgehead atoms. The Labute approximate surface area is 106 Å². The number of rotatable bonds is 5. The van der Waals surface area contributed by atoms with E-state index in [9.17, 15) is 4.79 Å². The fourth-order valence-corrected chi connectivity index (χ4v) is 2.87. The van der Waals surface area contributed by atoms with Crippen molar-refractivity contribution in [3.8, 4) is 12.3 Å². The molecule has 1 aliphatic carbocycles. The van der Waals surface area contributed by atoms with Crippen molar-refractivity contribution in [3.63, 3.8) is 0 Å². The molecule has 0 radical (unpaired) electrons. The molecule has 0 aromatic rings. The van der Waals surface area contributed by atoms with Crippen molar-refractivity contribution in [3.05, 3.63) is 0 Å². The zero-order chi connectivity index (χ0) is 12.7. The Morgan fingerprint density at radius 1 is 1.24 bits per heavy atom. The van der Waals surface area contributed by atoms with Gasteiger partial charge in [-0.15, -0.1) is 12.3 Å². The van der Waals surface area contributed by atoms with E-state index in [1.54, 1.807) is 0 Å². The molecule has 17 heavy (non-hydrogen) atoms. The zero-order valence-electron chi connectivity index (χ0n) is 11.3. The van der Waals surface area contributed by atoms with Crippen molar-refractivity contribution < 1.29 is 4.79 Å². The van der Waals surface area contributed by atoms with Crippen LogP contribution in [0.2, 0.25) is 0 Å². The molecule has 0 saturated heterocycles. The van der Waals surface area contributed by atoms with Crippen molar-refractivity contribution in [1.82, 2.24) is 4.90 Å². The molecular formula is C15H25NO. The summed E-state index contributed by atoms with van der Waals surface area (Å²) in [6.07, 6.45) is 14.4. The molecule has 1 rings (SSSR count). The van der Waals surface area contributed by atoms with Gasteiger partial charge >= 0.3 is 0 Å². The average Bonchev–Trinajstić information content (AvgIpc) is 2.55. The summed E-state index contributed by atoms with van der Waals surface area (Å²) >= 11 is 0. The summed E-state index contributed by atoms with van der Waals surface area (Å²) in [5.74, 6) is 3.02. The van der Waals surface area contributed by atoms with E-state index in [0.717, 1.165) is 25.7 Å². The van der Waals surface area contributed by atoms with Gasteiger partial charge in [-0.05, 0) is 33.4 Å². The Bertz CT molecular complexity index is 280. The highest BCUT2D eigenvalue weighted by atomic mass is 16.1. The van der Waals surface area contributed by atoms with Crippen LogP contribution >= 0.6 is 0 Å². The zero-order valence-corrected chi connectivity index (χ0v) is 11.3. The lowest BCUT2D eigenvalue weighted by Gasteiger charge is -2.38. The monoisotopic (exact) mass is 235 g/mol. The third-order valence-electron chi connectivity index (χ3n) is 4.03. The molecule has 1 aliphatic rings. The number of likely N-dealkylation sites (N-methyl/N-ethyl adjacent to an activating group) is 1. The Morgan fingerprint density at radius 3 is 2.29 bits per heavy atom. The molecule has 0 unspecified atom stereocenters. The summed E-state index contributed by atoms with van der Waals surface area (Å²) in [4.78, 5) is 14.6. The smallest absolute Gasteiger partial charge is 0.153 e. The number of hydrogen-bond donors (Lipinski definition) is 0. The molecule has 1 saturated carbocycles. The highest BCUT2D eigenvalue weighted by Gasteiger charge is 2.39. The Kier molecular flexibility index (Phi) is 5.71. The van der Waals surface area contributed by atoms with Crippen LogP contribution in [0.25, 0.3) is 0 Å². The van der Waals surface area contributed by atoms with E-state index in [1.807, 2.05) is 14.1 Å². The quantitative estimate of drug-likeness (QED) is 0.415. The van der Waals surface area contributed by atoms with E-state index in [4.69, 9.17) is 6.42 Å². The predicted molar refractivity (Wildman–Crippen MR) is 71.8 cm³/mol. The van der Waals surface area contributed by atoms with Gasteiger partial charge in [0.2, 0.25) is 0 Å². The van der Waals surface area contributed by atoms with Gasteiger partial charge in [0.1, 0.15) is 0 Å². The molecule has 0 aromatic heterocycles. The van der Waals surface area contributed by atoms with Crippen molar-refractivity contribution in [1.29, 1.82) is 0 Å². The lowest BCUT2D eigenvalue weighted by atomic mass is 9.82. The summed E-state index contributed by atoms with van der Waals surface area (Å²) in [6.45, 7) is 0. The van der Waals surface area contributed by atoms with Gasteiger partial charge in [-0.25, -0.2) is 0 Å². The summed E-state index contributed by atoms with van der Waals surface area (Å²) in [7, 11) is 4.09. The normalized spacial score (nSPS) is 19.6. The maximum Gasteiger partial charge on any atom is 0.153 e. The molecule has 1 fully saturated rings. The molecule has 0 N–H and O–H groups in total. The van der Waals surface area contributed by atoms with E-state index in [2.05, 4.69) is 10.8 Å². The molecule has 0 aliphatic heterocycles. The third kappa shape index (κ3) is 3.57. The number of ketones is 1. The SMILES string of the molecule is C#CCCCC(=O)C1(N(C)C)CCCCCC1. The Hall–Kier alpha value is -0.810. The van der Waals surface area contributed by atoms with Gasteiger partial charge in [0, 0.05) is 12.8 Å². The minimum atomic E-state index is -0.203. The summed E-state index contributed by atoms with van der Waals surface area (Å²) in [6, 6.07) is 0. The first-order valence-electron chi connectivity index (χ1n) is 6.78. The van der Waals surface area contributed by atoms with Crippen LogP contribution < -0.4 is 0 Å². The van der Waals surface area contributed by atoms with Crippen molar-refractivity contribution in [2.24, 2.45) is 0 Å². The lowest BCUT2D eigenvalue weighted by Crippen LogP contribution is -2.50. The largest absolute Gasteiger partial charge is 0.298 e. The highest BCUT2D eigenvalue weighted by Crippen LogP contribution is 2.33. The van der Waals surface area contributed by atoms with E-state index in [-0.39, 0.29) is 5.54 Å². The fourth-order valence-electron chi connectivity index (χ4n) is 2.87.